The molecule has 2 amide bonds. The molecule has 144 valence electrons. The zero-order valence-electron chi connectivity index (χ0n) is 15.3. The number of carbonyl (C=O) groups is 2. The van der Waals surface area contributed by atoms with Crippen molar-refractivity contribution in [3.05, 3.63) is 24.2 Å². The molecule has 9 nitrogen and oxygen atoms in total. The average Bonchev–Trinajstić information content (AvgIpc) is 3.40. The second-order valence-electron chi connectivity index (χ2n) is 7.02. The molecule has 0 saturated carbocycles. The van der Waals surface area contributed by atoms with Crippen LogP contribution in [-0.4, -0.2) is 57.2 Å². The Labute approximate surface area is 156 Å². The smallest absolute Gasteiger partial charge is 0.246 e. The third-order valence-corrected chi connectivity index (χ3v) is 5.22. The van der Waals surface area contributed by atoms with Crippen LogP contribution in [0.3, 0.4) is 0 Å². The van der Waals surface area contributed by atoms with E-state index < -0.39 is 0 Å². The Morgan fingerprint density at radius 3 is 2.93 bits per heavy atom. The predicted octanol–water partition coefficient (Wildman–Crippen LogP) is 0.719. The predicted molar refractivity (Wildman–Crippen MR) is 94.2 cm³/mol. The van der Waals surface area contributed by atoms with E-state index in [2.05, 4.69) is 15.5 Å². The monoisotopic (exact) mass is 373 g/mol. The fraction of sp³-hybridized carbons (Fsp3) is 0.556. The zero-order chi connectivity index (χ0) is 18.8. The number of nitrogens with zero attached hydrogens (tertiary/aromatic N) is 4. The van der Waals surface area contributed by atoms with Gasteiger partial charge in [-0.15, -0.1) is 0 Å². The van der Waals surface area contributed by atoms with Crippen molar-refractivity contribution in [1.82, 2.24) is 24.9 Å². The van der Waals surface area contributed by atoms with Crippen molar-refractivity contribution in [1.29, 1.82) is 0 Å². The van der Waals surface area contributed by atoms with Gasteiger partial charge in [0.1, 0.15) is 0 Å². The molecule has 27 heavy (non-hydrogen) atoms. The Balaban J connectivity index is 1.31. The number of hydrogen-bond donors (Lipinski definition) is 1. The van der Waals surface area contributed by atoms with Crippen LogP contribution in [0, 0.1) is 5.92 Å². The summed E-state index contributed by atoms with van der Waals surface area (Å²) in [6.07, 6.45) is 3.82. The lowest BCUT2D eigenvalue weighted by molar-refractivity contribution is -0.131. The van der Waals surface area contributed by atoms with Crippen LogP contribution in [0.5, 0.6) is 0 Å². The first-order valence-corrected chi connectivity index (χ1v) is 9.21. The van der Waals surface area contributed by atoms with E-state index in [1.807, 2.05) is 34.8 Å². The van der Waals surface area contributed by atoms with Crippen molar-refractivity contribution in [2.24, 2.45) is 13.0 Å². The largest absolute Gasteiger partial charge is 0.381 e. The molecule has 0 aromatic carbocycles. The number of nitrogens with one attached hydrogen (secondary N) is 1. The van der Waals surface area contributed by atoms with Gasteiger partial charge < -0.3 is 24.0 Å². The Bertz CT molecular complexity index is 823. The van der Waals surface area contributed by atoms with Gasteiger partial charge in [0.15, 0.2) is 0 Å². The topological polar surface area (TPSA) is 102 Å². The molecule has 2 aromatic rings. The van der Waals surface area contributed by atoms with Gasteiger partial charge in [-0.3, -0.25) is 9.59 Å². The number of aromatic nitrogens is 3. The van der Waals surface area contributed by atoms with Gasteiger partial charge in [0, 0.05) is 45.5 Å². The van der Waals surface area contributed by atoms with Crippen LogP contribution in [-0.2, 0) is 27.9 Å². The molecule has 2 aromatic heterocycles. The van der Waals surface area contributed by atoms with E-state index >= 15 is 0 Å². The van der Waals surface area contributed by atoms with Crippen LogP contribution in [0.25, 0.3) is 11.5 Å². The minimum atomic E-state index is -0.337. The van der Waals surface area contributed by atoms with Gasteiger partial charge in [0.05, 0.1) is 18.2 Å². The summed E-state index contributed by atoms with van der Waals surface area (Å²) in [7, 11) is 1.90. The Morgan fingerprint density at radius 2 is 2.19 bits per heavy atom. The molecule has 2 saturated heterocycles. The molecule has 0 spiro atoms. The normalized spacial score (nSPS) is 21.0. The molecular formula is C18H23N5O4. The van der Waals surface area contributed by atoms with Crippen molar-refractivity contribution < 1.29 is 18.8 Å². The Morgan fingerprint density at radius 1 is 1.37 bits per heavy atom. The Kier molecular flexibility index (Phi) is 4.93. The highest BCUT2D eigenvalue weighted by molar-refractivity contribution is 5.89. The maximum Gasteiger partial charge on any atom is 0.246 e. The summed E-state index contributed by atoms with van der Waals surface area (Å²) >= 11 is 0. The molecule has 2 aliphatic heterocycles. The minimum absolute atomic E-state index is 0.0471. The van der Waals surface area contributed by atoms with Gasteiger partial charge in [-0.25, -0.2) is 0 Å². The highest BCUT2D eigenvalue weighted by atomic mass is 16.5. The van der Waals surface area contributed by atoms with E-state index in [4.69, 9.17) is 9.26 Å². The van der Waals surface area contributed by atoms with Crippen LogP contribution < -0.4 is 5.32 Å². The first-order chi connectivity index (χ1) is 13.1. The summed E-state index contributed by atoms with van der Waals surface area (Å²) in [6, 6.07) is 3.98. The highest BCUT2D eigenvalue weighted by Gasteiger charge is 2.38. The average molecular weight is 373 g/mol. The van der Waals surface area contributed by atoms with E-state index in [-0.39, 0.29) is 36.7 Å². The minimum Gasteiger partial charge on any atom is -0.381 e. The first kappa shape index (κ1) is 17.7. The second kappa shape index (κ2) is 7.51. The van der Waals surface area contributed by atoms with Gasteiger partial charge in [0.2, 0.25) is 23.5 Å². The molecule has 4 heterocycles. The molecule has 0 bridgehead atoms. The lowest BCUT2D eigenvalue weighted by Crippen LogP contribution is -2.41. The number of ether oxygens (including phenoxy) is 1. The van der Waals surface area contributed by atoms with Crippen LogP contribution in [0.4, 0.5) is 0 Å². The lowest BCUT2D eigenvalue weighted by atomic mass is 10.1. The lowest BCUT2D eigenvalue weighted by Gasteiger charge is -2.31. The van der Waals surface area contributed by atoms with Gasteiger partial charge in [-0.2, -0.15) is 4.98 Å². The van der Waals surface area contributed by atoms with Crippen molar-refractivity contribution in [3.8, 4) is 11.5 Å². The standard InChI is InChI=1S/C18H23N5O4/c1-22-6-2-3-14(22)17-20-15(27-21-17)10-19-18(25)12-9-16(24)23(11-12)13-4-7-26-8-5-13/h2-3,6,12-13H,4-5,7-11H2,1H3,(H,19,25). The quantitative estimate of drug-likeness (QED) is 0.828. The maximum atomic E-state index is 12.5. The van der Waals surface area contributed by atoms with Crippen molar-refractivity contribution in [3.63, 3.8) is 0 Å². The molecule has 0 aliphatic carbocycles. The van der Waals surface area contributed by atoms with Crippen LogP contribution >= 0.6 is 0 Å². The van der Waals surface area contributed by atoms with E-state index in [0.29, 0.717) is 31.5 Å². The molecule has 2 fully saturated rings. The summed E-state index contributed by atoms with van der Waals surface area (Å²) in [6.45, 7) is 1.96. The van der Waals surface area contributed by atoms with Crippen LogP contribution in [0.1, 0.15) is 25.2 Å². The SMILES string of the molecule is Cn1cccc1-c1noc(CNC(=O)C2CC(=O)N(C3CCOCC3)C2)n1. The van der Waals surface area contributed by atoms with Crippen LogP contribution in [0.2, 0.25) is 0 Å². The summed E-state index contributed by atoms with van der Waals surface area (Å²) in [5, 5.41) is 6.76. The highest BCUT2D eigenvalue weighted by Crippen LogP contribution is 2.25. The fourth-order valence-electron chi connectivity index (χ4n) is 3.69. The fourth-order valence-corrected chi connectivity index (χ4v) is 3.69. The third-order valence-electron chi connectivity index (χ3n) is 5.22. The first-order valence-electron chi connectivity index (χ1n) is 9.21. The van der Waals surface area contributed by atoms with Gasteiger partial charge in [0.25, 0.3) is 0 Å². The number of hydrogen-bond acceptors (Lipinski definition) is 6. The molecule has 1 atom stereocenters. The van der Waals surface area contributed by atoms with Crippen molar-refractivity contribution in [2.75, 3.05) is 19.8 Å². The molecular weight excluding hydrogens is 350 g/mol. The summed E-state index contributed by atoms with van der Waals surface area (Å²) < 4.78 is 12.5. The van der Waals surface area contributed by atoms with Gasteiger partial charge >= 0.3 is 0 Å². The number of rotatable bonds is 5. The summed E-state index contributed by atoms with van der Waals surface area (Å²) in [4.78, 5) is 30.9. The maximum absolute atomic E-state index is 12.5. The van der Waals surface area contributed by atoms with Crippen molar-refractivity contribution >= 4 is 11.8 Å². The molecule has 1 N–H and O–H groups in total. The zero-order valence-corrected chi connectivity index (χ0v) is 15.3. The van der Waals surface area contributed by atoms with E-state index in [1.54, 1.807) is 0 Å². The molecule has 9 heteroatoms. The number of aryl methyl sites for hydroxylation is 1. The van der Waals surface area contributed by atoms with E-state index in [1.165, 1.54) is 0 Å². The third kappa shape index (κ3) is 3.73. The molecule has 2 aliphatic rings. The number of amides is 2. The molecule has 4 rings (SSSR count). The summed E-state index contributed by atoms with van der Waals surface area (Å²) in [5.74, 6) is 0.372. The van der Waals surface area contributed by atoms with Crippen LogP contribution in [0.15, 0.2) is 22.9 Å². The number of carbonyl (C=O) groups excluding carboxylic acids is 2. The number of likely N-dealkylation sites (tertiary alicyclic amines) is 1. The van der Waals surface area contributed by atoms with Crippen molar-refractivity contribution in [2.45, 2.75) is 31.8 Å². The van der Waals surface area contributed by atoms with E-state index in [0.717, 1.165) is 18.5 Å². The van der Waals surface area contributed by atoms with Gasteiger partial charge in [-0.05, 0) is 25.0 Å². The van der Waals surface area contributed by atoms with Gasteiger partial charge in [-0.1, -0.05) is 5.16 Å². The molecule has 0 radical (unpaired) electrons. The molecule has 1 unspecified atom stereocenters. The summed E-state index contributed by atoms with van der Waals surface area (Å²) in [5.41, 5.74) is 0.838. The Hall–Kier alpha value is -2.68. The van der Waals surface area contributed by atoms with E-state index in [9.17, 15) is 9.59 Å². The second-order valence-corrected chi connectivity index (χ2v) is 7.02.